The molecule has 144 valence electrons. The van der Waals surface area contributed by atoms with Crippen molar-refractivity contribution < 1.29 is 22.7 Å². The number of rotatable bonds is 7. The molecule has 0 radical (unpaired) electrons. The molecule has 8 heteroatoms. The van der Waals surface area contributed by atoms with Crippen LogP contribution in [-0.2, 0) is 26.0 Å². The lowest BCUT2D eigenvalue weighted by Gasteiger charge is -2.29. The van der Waals surface area contributed by atoms with E-state index in [-0.39, 0.29) is 10.8 Å². The predicted molar refractivity (Wildman–Crippen MR) is 103 cm³/mol. The number of hydrogen-bond donors (Lipinski definition) is 1. The zero-order chi connectivity index (χ0) is 19.4. The average molecular weight is 390 g/mol. The van der Waals surface area contributed by atoms with Crippen LogP contribution < -0.4 is 14.4 Å². The molecule has 1 aliphatic rings. The maximum Gasteiger partial charge on any atom is 0.261 e. The summed E-state index contributed by atoms with van der Waals surface area (Å²) >= 11 is 0. The quantitative estimate of drug-likeness (QED) is 0.785. The molecule has 0 saturated heterocycles. The molecule has 1 aliphatic heterocycles. The van der Waals surface area contributed by atoms with Crippen LogP contribution in [0.3, 0.4) is 0 Å². The average Bonchev–Trinajstić information content (AvgIpc) is 2.67. The van der Waals surface area contributed by atoms with Crippen molar-refractivity contribution in [1.82, 2.24) is 0 Å². The third kappa shape index (κ3) is 4.23. The summed E-state index contributed by atoms with van der Waals surface area (Å²) in [6.07, 6.45) is 0.973. The van der Waals surface area contributed by atoms with Crippen LogP contribution in [0.2, 0.25) is 0 Å². The molecule has 3 rings (SSSR count). The molecule has 1 N–H and O–H groups in total. The Morgan fingerprint density at radius 3 is 2.48 bits per heavy atom. The molecule has 0 saturated carbocycles. The number of nitrogens with one attached hydrogen (secondary N) is 1. The number of ether oxygens (including phenoxy) is 2. The van der Waals surface area contributed by atoms with Gasteiger partial charge in [-0.15, -0.1) is 0 Å². The molecular formula is C19H22N2O5S. The molecule has 0 aliphatic carbocycles. The fourth-order valence-electron chi connectivity index (χ4n) is 3.02. The Morgan fingerprint density at radius 2 is 1.81 bits per heavy atom. The Labute approximate surface area is 158 Å². The van der Waals surface area contributed by atoms with E-state index in [2.05, 4.69) is 4.72 Å². The fraction of sp³-hybridized carbons (Fsp3) is 0.316. The summed E-state index contributed by atoms with van der Waals surface area (Å²) in [7, 11) is -0.596. The Morgan fingerprint density at radius 1 is 1.07 bits per heavy atom. The van der Waals surface area contributed by atoms with Crippen molar-refractivity contribution in [2.24, 2.45) is 0 Å². The van der Waals surface area contributed by atoms with E-state index in [1.165, 1.54) is 19.2 Å². The van der Waals surface area contributed by atoms with E-state index in [1.54, 1.807) is 42.3 Å². The van der Waals surface area contributed by atoms with Gasteiger partial charge < -0.3 is 14.4 Å². The van der Waals surface area contributed by atoms with Gasteiger partial charge >= 0.3 is 0 Å². The van der Waals surface area contributed by atoms with E-state index < -0.39 is 10.0 Å². The number of anilines is 2. The number of fused-ring (bicyclic) bond motifs is 1. The summed E-state index contributed by atoms with van der Waals surface area (Å²) in [5.41, 5.74) is 2.20. The van der Waals surface area contributed by atoms with Gasteiger partial charge in [-0.1, -0.05) is 0 Å². The van der Waals surface area contributed by atoms with Gasteiger partial charge in [0.05, 0.1) is 18.6 Å². The summed E-state index contributed by atoms with van der Waals surface area (Å²) in [6.45, 7) is 0.913. The van der Waals surface area contributed by atoms with Gasteiger partial charge in [0.2, 0.25) is 5.91 Å². The summed E-state index contributed by atoms with van der Waals surface area (Å²) in [6, 6.07) is 11.4. The molecular weight excluding hydrogens is 368 g/mol. The topological polar surface area (TPSA) is 84.9 Å². The van der Waals surface area contributed by atoms with Crippen molar-refractivity contribution in [3.8, 4) is 5.75 Å². The first kappa shape index (κ1) is 19.2. The molecule has 0 unspecified atom stereocenters. The number of nitrogens with zero attached hydrogens (tertiary/aromatic N) is 1. The minimum atomic E-state index is -3.71. The molecule has 27 heavy (non-hydrogen) atoms. The lowest BCUT2D eigenvalue weighted by atomic mass is 10.0. The van der Waals surface area contributed by atoms with Gasteiger partial charge in [0.15, 0.2) is 0 Å². The third-order valence-corrected chi connectivity index (χ3v) is 5.82. The van der Waals surface area contributed by atoms with Crippen molar-refractivity contribution in [3.05, 3.63) is 48.0 Å². The summed E-state index contributed by atoms with van der Waals surface area (Å²) < 4.78 is 37.9. The standard InChI is InChI=1S/C19H22N2O5S/c1-25-12-11-21-18-9-4-15(13-14(18)3-10-19(21)22)20-27(23,24)17-7-5-16(26-2)6-8-17/h4-9,13,20H,3,10-12H2,1-2H3. The maximum atomic E-state index is 12.6. The highest BCUT2D eigenvalue weighted by molar-refractivity contribution is 7.92. The molecule has 7 nitrogen and oxygen atoms in total. The van der Waals surface area contributed by atoms with Crippen molar-refractivity contribution in [1.29, 1.82) is 0 Å². The lowest BCUT2D eigenvalue weighted by Crippen LogP contribution is -2.37. The smallest absolute Gasteiger partial charge is 0.261 e. The van der Waals surface area contributed by atoms with E-state index in [4.69, 9.17) is 9.47 Å². The highest BCUT2D eigenvalue weighted by atomic mass is 32.2. The SMILES string of the molecule is COCCN1C(=O)CCc2cc(NS(=O)(=O)c3ccc(OC)cc3)ccc21. The zero-order valence-corrected chi connectivity index (χ0v) is 16.1. The second-order valence-electron chi connectivity index (χ2n) is 6.16. The van der Waals surface area contributed by atoms with Crippen molar-refractivity contribution in [3.63, 3.8) is 0 Å². The van der Waals surface area contributed by atoms with Gasteiger partial charge in [0.1, 0.15) is 5.75 Å². The molecule has 0 spiro atoms. The largest absolute Gasteiger partial charge is 0.497 e. The molecule has 0 atom stereocenters. The lowest BCUT2D eigenvalue weighted by molar-refractivity contribution is -0.119. The van der Waals surface area contributed by atoms with Crippen LogP contribution in [0.5, 0.6) is 5.75 Å². The number of hydrogen-bond acceptors (Lipinski definition) is 5. The number of sulfonamides is 1. The summed E-state index contributed by atoms with van der Waals surface area (Å²) in [5.74, 6) is 0.634. The van der Waals surface area contributed by atoms with E-state index in [0.717, 1.165) is 11.3 Å². The summed E-state index contributed by atoms with van der Waals surface area (Å²) in [4.78, 5) is 14.0. The molecule has 1 amide bonds. The number of amides is 1. The van der Waals surface area contributed by atoms with Gasteiger partial charge in [-0.3, -0.25) is 9.52 Å². The Bertz CT molecular complexity index is 926. The van der Waals surface area contributed by atoms with E-state index in [0.29, 0.717) is 37.4 Å². The predicted octanol–water partition coefficient (Wildman–Crippen LogP) is 2.42. The zero-order valence-electron chi connectivity index (χ0n) is 15.3. The minimum Gasteiger partial charge on any atom is -0.497 e. The summed E-state index contributed by atoms with van der Waals surface area (Å²) in [5, 5.41) is 0. The van der Waals surface area contributed by atoms with Crippen LogP contribution in [0, 0.1) is 0 Å². The highest BCUT2D eigenvalue weighted by Gasteiger charge is 2.24. The normalized spacial score (nSPS) is 14.0. The molecule has 2 aromatic rings. The monoisotopic (exact) mass is 390 g/mol. The number of carbonyl (C=O) groups excluding carboxylic acids is 1. The van der Waals surface area contributed by atoms with Crippen LogP contribution in [0.4, 0.5) is 11.4 Å². The van der Waals surface area contributed by atoms with Crippen LogP contribution in [0.1, 0.15) is 12.0 Å². The molecule has 0 fully saturated rings. The van der Waals surface area contributed by atoms with Crippen LogP contribution in [0.25, 0.3) is 0 Å². The first-order chi connectivity index (χ1) is 12.9. The fourth-order valence-corrected chi connectivity index (χ4v) is 4.07. The van der Waals surface area contributed by atoms with Gasteiger partial charge in [-0.2, -0.15) is 0 Å². The van der Waals surface area contributed by atoms with Crippen LogP contribution >= 0.6 is 0 Å². The van der Waals surface area contributed by atoms with Gasteiger partial charge in [-0.25, -0.2) is 8.42 Å². The molecule has 0 aromatic heterocycles. The Kier molecular flexibility index (Phi) is 5.67. The molecule has 0 bridgehead atoms. The highest BCUT2D eigenvalue weighted by Crippen LogP contribution is 2.31. The van der Waals surface area contributed by atoms with Crippen molar-refractivity contribution in [2.45, 2.75) is 17.7 Å². The van der Waals surface area contributed by atoms with Crippen molar-refractivity contribution in [2.75, 3.05) is 37.0 Å². The maximum absolute atomic E-state index is 12.6. The second kappa shape index (κ2) is 7.98. The number of methoxy groups -OCH3 is 2. The van der Waals surface area contributed by atoms with Gasteiger partial charge in [0.25, 0.3) is 10.0 Å². The van der Waals surface area contributed by atoms with E-state index >= 15 is 0 Å². The van der Waals surface area contributed by atoms with Gasteiger partial charge in [0, 0.05) is 31.5 Å². The molecule has 1 heterocycles. The first-order valence-corrected chi connectivity index (χ1v) is 10.0. The Balaban J connectivity index is 1.83. The van der Waals surface area contributed by atoms with E-state index in [9.17, 15) is 13.2 Å². The number of carbonyl (C=O) groups is 1. The third-order valence-electron chi connectivity index (χ3n) is 4.42. The van der Waals surface area contributed by atoms with Gasteiger partial charge in [-0.05, 0) is 54.4 Å². The molecule has 2 aromatic carbocycles. The second-order valence-corrected chi connectivity index (χ2v) is 7.85. The Hall–Kier alpha value is -2.58. The van der Waals surface area contributed by atoms with Crippen LogP contribution in [0.15, 0.2) is 47.4 Å². The van der Waals surface area contributed by atoms with E-state index in [1.807, 2.05) is 0 Å². The number of benzene rings is 2. The number of aryl methyl sites for hydroxylation is 1. The minimum absolute atomic E-state index is 0.0473. The first-order valence-electron chi connectivity index (χ1n) is 8.53. The van der Waals surface area contributed by atoms with Crippen molar-refractivity contribution >= 4 is 27.3 Å². The van der Waals surface area contributed by atoms with Crippen LogP contribution in [-0.4, -0.2) is 41.7 Å².